The molecule has 35 heavy (non-hydrogen) atoms. The first-order valence-corrected chi connectivity index (χ1v) is 12.9. The molecular weight excluding hydrogens is 466 g/mol. The van der Waals surface area contributed by atoms with E-state index < -0.39 is 0 Å². The van der Waals surface area contributed by atoms with E-state index >= 15 is 0 Å². The van der Waals surface area contributed by atoms with Crippen LogP contribution in [0.2, 0.25) is 0 Å². The highest BCUT2D eigenvalue weighted by atomic mass is 32.2. The third-order valence-corrected chi connectivity index (χ3v) is 6.75. The van der Waals surface area contributed by atoms with E-state index in [0.29, 0.717) is 62.1 Å². The van der Waals surface area contributed by atoms with E-state index in [0.717, 1.165) is 16.9 Å². The zero-order chi connectivity index (χ0) is 24.6. The van der Waals surface area contributed by atoms with Crippen LogP contribution in [0.1, 0.15) is 24.6 Å². The van der Waals surface area contributed by atoms with E-state index in [9.17, 15) is 9.59 Å². The summed E-state index contributed by atoms with van der Waals surface area (Å²) in [6.07, 6.45) is 4.93. The summed E-state index contributed by atoms with van der Waals surface area (Å²) in [7, 11) is 1.60. The Morgan fingerprint density at radius 3 is 2.91 bits per heavy atom. The lowest BCUT2D eigenvalue weighted by Gasteiger charge is -2.33. The number of pyridine rings is 1. The summed E-state index contributed by atoms with van der Waals surface area (Å²) in [6, 6.07) is 11.6. The molecule has 1 aromatic carbocycles. The molecule has 4 rings (SSSR count). The fourth-order valence-electron chi connectivity index (χ4n) is 3.93. The Labute approximate surface area is 209 Å². The third-order valence-electron chi connectivity index (χ3n) is 5.80. The number of Topliss-reactive ketones (excluding diaryl/α,β-unsaturated/α-hetero) is 1. The first-order valence-electron chi connectivity index (χ1n) is 11.7. The Bertz CT molecular complexity index is 1130. The number of aromatic nitrogens is 2. The van der Waals surface area contributed by atoms with E-state index in [-0.39, 0.29) is 17.8 Å². The largest absolute Gasteiger partial charge is 0.493 e. The molecule has 1 saturated heterocycles. The van der Waals surface area contributed by atoms with Crippen LogP contribution in [-0.4, -0.2) is 71.2 Å². The number of hydrogen-bond donors (Lipinski definition) is 0. The van der Waals surface area contributed by atoms with Gasteiger partial charge in [0, 0.05) is 31.1 Å². The minimum atomic E-state index is -0.210. The number of carbonyl (C=O) groups is 2. The maximum Gasteiger partial charge on any atom is 0.232 e. The molecule has 2 aromatic heterocycles. The van der Waals surface area contributed by atoms with Gasteiger partial charge >= 0.3 is 0 Å². The lowest BCUT2D eigenvalue weighted by Crippen LogP contribution is -2.48. The number of benzene rings is 1. The SMILES string of the molecule is COc1cc(CCC(C)=O)ccc1OCC1CN(C(=O)CSCc2cn3ccccc3n2)CCO1. The molecule has 3 heterocycles. The van der Waals surface area contributed by atoms with Crippen molar-refractivity contribution in [3.05, 3.63) is 60.0 Å². The summed E-state index contributed by atoms with van der Waals surface area (Å²) in [5.41, 5.74) is 2.90. The molecule has 8 nitrogen and oxygen atoms in total. The van der Waals surface area contributed by atoms with Gasteiger partial charge < -0.3 is 28.3 Å². The van der Waals surface area contributed by atoms with Crippen molar-refractivity contribution in [2.75, 3.05) is 39.2 Å². The zero-order valence-electron chi connectivity index (χ0n) is 20.1. The smallest absolute Gasteiger partial charge is 0.232 e. The molecule has 3 aromatic rings. The number of aryl methyl sites for hydroxylation is 1. The highest BCUT2D eigenvalue weighted by Crippen LogP contribution is 2.29. The third kappa shape index (κ3) is 6.99. The summed E-state index contributed by atoms with van der Waals surface area (Å²) in [4.78, 5) is 30.4. The molecule has 1 aliphatic rings. The molecule has 1 amide bonds. The molecule has 0 radical (unpaired) electrons. The maximum absolute atomic E-state index is 12.8. The van der Waals surface area contributed by atoms with E-state index in [1.807, 2.05) is 58.1 Å². The first-order chi connectivity index (χ1) is 17.0. The minimum Gasteiger partial charge on any atom is -0.493 e. The Hall–Kier alpha value is -3.04. The Balaban J connectivity index is 1.24. The van der Waals surface area contributed by atoms with E-state index in [1.54, 1.807) is 25.8 Å². The van der Waals surface area contributed by atoms with Gasteiger partial charge in [-0.15, -0.1) is 11.8 Å². The highest BCUT2D eigenvalue weighted by molar-refractivity contribution is 7.99. The Morgan fingerprint density at radius 2 is 2.11 bits per heavy atom. The Morgan fingerprint density at radius 1 is 1.23 bits per heavy atom. The first kappa shape index (κ1) is 25.1. The van der Waals surface area contributed by atoms with Crippen LogP contribution in [0.25, 0.3) is 5.65 Å². The van der Waals surface area contributed by atoms with Gasteiger partial charge in [0.2, 0.25) is 5.91 Å². The molecule has 9 heteroatoms. The Kier molecular flexibility index (Phi) is 8.65. The zero-order valence-corrected chi connectivity index (χ0v) is 21.0. The van der Waals surface area contributed by atoms with Gasteiger partial charge in [0.15, 0.2) is 11.5 Å². The molecule has 1 unspecified atom stereocenters. The number of ketones is 1. The van der Waals surface area contributed by atoms with Crippen LogP contribution in [0.5, 0.6) is 11.5 Å². The number of thioether (sulfide) groups is 1. The predicted molar refractivity (Wildman–Crippen MR) is 135 cm³/mol. The van der Waals surface area contributed by atoms with Gasteiger partial charge in [0.05, 0.1) is 31.7 Å². The maximum atomic E-state index is 12.8. The number of fused-ring (bicyclic) bond motifs is 1. The molecule has 0 N–H and O–H groups in total. The summed E-state index contributed by atoms with van der Waals surface area (Å²) in [5, 5.41) is 0. The van der Waals surface area contributed by atoms with E-state index in [2.05, 4.69) is 4.98 Å². The van der Waals surface area contributed by atoms with Crippen molar-refractivity contribution in [2.45, 2.75) is 31.6 Å². The van der Waals surface area contributed by atoms with Crippen LogP contribution in [-0.2, 0) is 26.5 Å². The molecule has 0 saturated carbocycles. The molecule has 1 aliphatic heterocycles. The van der Waals surface area contributed by atoms with Crippen molar-refractivity contribution in [3.63, 3.8) is 0 Å². The van der Waals surface area contributed by atoms with E-state index in [1.165, 1.54) is 0 Å². The van der Waals surface area contributed by atoms with Crippen molar-refractivity contribution in [3.8, 4) is 11.5 Å². The van der Waals surface area contributed by atoms with Gasteiger partial charge in [-0.2, -0.15) is 0 Å². The van der Waals surface area contributed by atoms with Gasteiger partial charge in [-0.1, -0.05) is 12.1 Å². The predicted octanol–water partition coefficient (Wildman–Crippen LogP) is 3.40. The number of imidazole rings is 1. The van der Waals surface area contributed by atoms with E-state index in [4.69, 9.17) is 14.2 Å². The van der Waals surface area contributed by atoms with Gasteiger partial charge in [-0.25, -0.2) is 4.98 Å². The van der Waals surface area contributed by atoms with Gasteiger partial charge in [0.1, 0.15) is 24.1 Å². The van der Waals surface area contributed by atoms with Crippen molar-refractivity contribution in [1.82, 2.24) is 14.3 Å². The second-order valence-corrected chi connectivity index (χ2v) is 9.51. The topological polar surface area (TPSA) is 82.4 Å². The second kappa shape index (κ2) is 12.1. The van der Waals surface area contributed by atoms with Crippen molar-refractivity contribution < 1.29 is 23.8 Å². The summed E-state index contributed by atoms with van der Waals surface area (Å²) >= 11 is 1.57. The normalized spacial score (nSPS) is 15.8. The fourth-order valence-corrected chi connectivity index (χ4v) is 4.73. The molecule has 1 fully saturated rings. The van der Waals surface area contributed by atoms with Crippen molar-refractivity contribution >= 4 is 29.1 Å². The van der Waals surface area contributed by atoms with Crippen LogP contribution in [0.4, 0.5) is 0 Å². The van der Waals surface area contributed by atoms with Gasteiger partial charge in [0.25, 0.3) is 0 Å². The summed E-state index contributed by atoms with van der Waals surface area (Å²) in [6.45, 7) is 3.47. The van der Waals surface area contributed by atoms with Crippen molar-refractivity contribution in [1.29, 1.82) is 0 Å². The number of nitrogens with zero attached hydrogens (tertiary/aromatic N) is 3. The van der Waals surface area contributed by atoms with Crippen LogP contribution in [0.15, 0.2) is 48.8 Å². The lowest BCUT2D eigenvalue weighted by molar-refractivity contribution is -0.137. The average molecular weight is 498 g/mol. The standard InChI is InChI=1S/C26H31N3O5S/c1-19(30)6-7-20-8-9-23(24(13-20)32-2)34-16-22-15-29(11-12-33-22)26(31)18-35-17-21-14-28-10-4-3-5-25(28)27-21/h3-5,8-10,13-14,22H,6-7,11-12,15-18H2,1-2H3. The fraction of sp³-hybridized carbons (Fsp3) is 0.423. The second-order valence-electron chi connectivity index (χ2n) is 8.52. The number of methoxy groups -OCH3 is 1. The van der Waals surface area contributed by atoms with Gasteiger partial charge in [-0.05, 0) is 43.2 Å². The summed E-state index contributed by atoms with van der Waals surface area (Å²) in [5.74, 6) is 2.59. The minimum absolute atomic E-state index is 0.0967. The quantitative estimate of drug-likeness (QED) is 0.402. The molecule has 0 aliphatic carbocycles. The molecular formula is C26H31N3O5S. The monoisotopic (exact) mass is 497 g/mol. The number of hydrogen-bond acceptors (Lipinski definition) is 7. The molecule has 0 spiro atoms. The number of amides is 1. The average Bonchev–Trinajstić information content (AvgIpc) is 3.29. The number of carbonyl (C=O) groups excluding carboxylic acids is 2. The van der Waals surface area contributed by atoms with Gasteiger partial charge in [-0.3, -0.25) is 4.79 Å². The summed E-state index contributed by atoms with van der Waals surface area (Å²) < 4.78 is 19.3. The number of rotatable bonds is 11. The highest BCUT2D eigenvalue weighted by Gasteiger charge is 2.25. The van der Waals surface area contributed by atoms with Crippen molar-refractivity contribution in [2.24, 2.45) is 0 Å². The molecule has 0 bridgehead atoms. The van der Waals surface area contributed by atoms with Crippen LogP contribution in [0, 0.1) is 0 Å². The van der Waals surface area contributed by atoms with Crippen LogP contribution in [0.3, 0.4) is 0 Å². The number of morpholine rings is 1. The van der Waals surface area contributed by atoms with Crippen LogP contribution < -0.4 is 9.47 Å². The lowest BCUT2D eigenvalue weighted by atomic mass is 10.1. The molecule has 186 valence electrons. The van der Waals surface area contributed by atoms with Crippen LogP contribution >= 0.6 is 11.8 Å². The number of ether oxygens (including phenoxy) is 3. The molecule has 1 atom stereocenters.